The second-order valence-corrected chi connectivity index (χ2v) is 12.2. The van der Waals surface area contributed by atoms with Crippen molar-refractivity contribution in [2.45, 2.75) is 24.7 Å². The Balaban J connectivity index is 1.99. The lowest BCUT2D eigenvalue weighted by Crippen LogP contribution is -2.27. The van der Waals surface area contributed by atoms with Crippen LogP contribution in [0.1, 0.15) is 22.3 Å². The molecule has 0 aliphatic carbocycles. The molecule has 5 rings (SSSR count). The van der Waals surface area contributed by atoms with Gasteiger partial charge in [-0.3, -0.25) is 0 Å². The monoisotopic (exact) mass is 676 g/mol. The quantitative estimate of drug-likeness (QED) is 0.149. The lowest BCUT2D eigenvalue weighted by Gasteiger charge is -2.27. The molecule has 0 saturated heterocycles. The highest BCUT2D eigenvalue weighted by atomic mass is 31.1. The van der Waals surface area contributed by atoms with E-state index in [0.717, 1.165) is 0 Å². The largest absolute Gasteiger partial charge is 0.507 e. The van der Waals surface area contributed by atoms with Gasteiger partial charge in [0.15, 0.2) is 0 Å². The molecule has 0 radical (unpaired) electrons. The molecule has 0 aliphatic heterocycles. The number of aromatic hydroxyl groups is 1. The number of hydrogen-bond donors (Lipinski definition) is 1. The maximum absolute atomic E-state index is 14.0. The molecule has 1 N–H and O–H groups in total. The standard InChI is InChI=1S/C32H17F12OP/c33-29(34,35)18-11-19(30(36,37)38)14-22(13-18)46(23-15-20(31(39,40)41)12-21(16-23)32(42,43)44)27-10-9-17-5-1-2-6-24(17)28(27)25-7-3-4-8-26(25)45/h1-16,45H. The second kappa shape index (κ2) is 11.5. The Morgan fingerprint density at radius 3 is 1.30 bits per heavy atom. The Kier molecular flexibility index (Phi) is 8.30. The number of phenolic OH excluding ortho intramolecular Hbond substituents is 1. The lowest BCUT2D eigenvalue weighted by atomic mass is 9.97. The molecular formula is C32H17F12OP. The maximum Gasteiger partial charge on any atom is 0.416 e. The summed E-state index contributed by atoms with van der Waals surface area (Å²) in [4.78, 5) is 0. The molecule has 0 unspecified atom stereocenters. The van der Waals surface area contributed by atoms with E-state index in [9.17, 15) is 57.8 Å². The molecule has 5 aromatic carbocycles. The minimum Gasteiger partial charge on any atom is -0.507 e. The SMILES string of the molecule is Oc1ccccc1-c1c(P(c2cc(C(F)(F)F)cc(C(F)(F)F)c2)c2cc(C(F)(F)F)cc(C(F)(F)F)c2)ccc2ccccc12. The van der Waals surface area contributed by atoms with Gasteiger partial charge in [-0.05, 0) is 77.1 Å². The average molecular weight is 676 g/mol. The summed E-state index contributed by atoms with van der Waals surface area (Å²) in [5.74, 6) is -0.407. The van der Waals surface area contributed by atoms with Crippen LogP contribution in [0.3, 0.4) is 0 Å². The minimum atomic E-state index is -5.37. The third-order valence-electron chi connectivity index (χ3n) is 6.98. The fourth-order valence-electron chi connectivity index (χ4n) is 4.98. The molecular weight excluding hydrogens is 659 g/mol. The summed E-state index contributed by atoms with van der Waals surface area (Å²) in [6.07, 6.45) is -21.5. The summed E-state index contributed by atoms with van der Waals surface area (Å²) in [6, 6.07) is 15.0. The first-order chi connectivity index (χ1) is 21.2. The summed E-state index contributed by atoms with van der Waals surface area (Å²) in [6.45, 7) is 0. The molecule has 0 atom stereocenters. The fourth-order valence-corrected chi connectivity index (χ4v) is 7.59. The molecule has 240 valence electrons. The van der Waals surface area contributed by atoms with Gasteiger partial charge < -0.3 is 5.11 Å². The van der Waals surface area contributed by atoms with Crippen molar-refractivity contribution < 1.29 is 57.8 Å². The van der Waals surface area contributed by atoms with Crippen LogP contribution in [0.2, 0.25) is 0 Å². The van der Waals surface area contributed by atoms with Crippen LogP contribution in [0.25, 0.3) is 21.9 Å². The van der Waals surface area contributed by atoms with Gasteiger partial charge in [0.25, 0.3) is 0 Å². The summed E-state index contributed by atoms with van der Waals surface area (Å²) in [5, 5.41) is 9.68. The number of hydrogen-bond acceptors (Lipinski definition) is 1. The lowest BCUT2D eigenvalue weighted by molar-refractivity contribution is -0.144. The van der Waals surface area contributed by atoms with E-state index in [2.05, 4.69) is 0 Å². The minimum absolute atomic E-state index is 0.000693. The molecule has 0 amide bonds. The predicted octanol–water partition coefficient (Wildman–Crippen LogP) is 10.0. The molecule has 1 nitrogen and oxygen atoms in total. The zero-order valence-corrected chi connectivity index (χ0v) is 23.6. The van der Waals surface area contributed by atoms with Gasteiger partial charge >= 0.3 is 24.7 Å². The summed E-state index contributed by atoms with van der Waals surface area (Å²) < 4.78 is 168. The number of rotatable bonds is 4. The first kappa shape index (κ1) is 33.1. The molecule has 0 aliphatic rings. The van der Waals surface area contributed by atoms with E-state index in [-0.39, 0.29) is 58.2 Å². The molecule has 0 bridgehead atoms. The number of fused-ring (bicyclic) bond motifs is 1. The highest BCUT2D eigenvalue weighted by molar-refractivity contribution is 7.80. The van der Waals surface area contributed by atoms with Crippen LogP contribution in [0, 0.1) is 0 Å². The van der Waals surface area contributed by atoms with Gasteiger partial charge in [-0.2, -0.15) is 52.7 Å². The van der Waals surface area contributed by atoms with Gasteiger partial charge in [-0.15, -0.1) is 0 Å². The van der Waals surface area contributed by atoms with E-state index in [1.54, 1.807) is 12.1 Å². The van der Waals surface area contributed by atoms with E-state index in [1.807, 2.05) is 0 Å². The Hall–Kier alpha value is -4.25. The van der Waals surface area contributed by atoms with Gasteiger partial charge in [0.05, 0.1) is 22.3 Å². The summed E-state index contributed by atoms with van der Waals surface area (Å²) >= 11 is 0. The first-order valence-corrected chi connectivity index (χ1v) is 14.3. The molecule has 0 aromatic heterocycles. The van der Waals surface area contributed by atoms with Crippen LogP contribution in [0.4, 0.5) is 52.7 Å². The van der Waals surface area contributed by atoms with Gasteiger partial charge in [0.2, 0.25) is 0 Å². The number of alkyl halides is 12. The number of phenols is 1. The predicted molar refractivity (Wildman–Crippen MR) is 150 cm³/mol. The van der Waals surface area contributed by atoms with Crippen molar-refractivity contribution >= 4 is 34.6 Å². The Morgan fingerprint density at radius 2 is 0.870 bits per heavy atom. The molecule has 46 heavy (non-hydrogen) atoms. The van der Waals surface area contributed by atoms with Crippen LogP contribution in [0.5, 0.6) is 5.75 Å². The third-order valence-corrected chi connectivity index (χ3v) is 9.39. The highest BCUT2D eigenvalue weighted by Crippen LogP contribution is 2.46. The molecule has 0 fully saturated rings. The van der Waals surface area contributed by atoms with Crippen molar-refractivity contribution in [3.05, 3.63) is 119 Å². The number of para-hydroxylation sites is 1. The molecule has 5 aromatic rings. The van der Waals surface area contributed by atoms with Crippen molar-refractivity contribution in [3.63, 3.8) is 0 Å². The van der Waals surface area contributed by atoms with E-state index in [4.69, 9.17) is 0 Å². The normalized spacial score (nSPS) is 13.1. The summed E-state index contributed by atoms with van der Waals surface area (Å²) in [7, 11) is -3.04. The van der Waals surface area contributed by atoms with Crippen molar-refractivity contribution in [3.8, 4) is 16.9 Å². The van der Waals surface area contributed by atoms with Gasteiger partial charge in [0.1, 0.15) is 5.75 Å². The number of benzene rings is 5. The Bertz CT molecular complexity index is 1780. The van der Waals surface area contributed by atoms with Crippen molar-refractivity contribution in [1.82, 2.24) is 0 Å². The van der Waals surface area contributed by atoms with Gasteiger partial charge in [0, 0.05) is 11.1 Å². The van der Waals surface area contributed by atoms with Crippen LogP contribution in [-0.2, 0) is 24.7 Å². The molecule has 0 saturated carbocycles. The van der Waals surface area contributed by atoms with Crippen LogP contribution in [0.15, 0.2) is 97.1 Å². The Labute approximate surface area is 253 Å². The third kappa shape index (κ3) is 6.65. The van der Waals surface area contributed by atoms with E-state index >= 15 is 0 Å². The van der Waals surface area contributed by atoms with Gasteiger partial charge in [-0.1, -0.05) is 54.6 Å². The van der Waals surface area contributed by atoms with Crippen molar-refractivity contribution in [2.24, 2.45) is 0 Å². The van der Waals surface area contributed by atoms with Crippen LogP contribution in [-0.4, -0.2) is 5.11 Å². The van der Waals surface area contributed by atoms with Crippen molar-refractivity contribution in [1.29, 1.82) is 0 Å². The van der Waals surface area contributed by atoms with Crippen molar-refractivity contribution in [2.75, 3.05) is 0 Å². The Morgan fingerprint density at radius 1 is 0.457 bits per heavy atom. The van der Waals surface area contributed by atoms with Crippen LogP contribution < -0.4 is 15.9 Å². The number of halogens is 12. The van der Waals surface area contributed by atoms with E-state index in [0.29, 0.717) is 5.39 Å². The summed E-state index contributed by atoms with van der Waals surface area (Å²) in [5.41, 5.74) is -7.24. The zero-order valence-electron chi connectivity index (χ0n) is 22.7. The molecule has 14 heteroatoms. The average Bonchev–Trinajstić information content (AvgIpc) is 2.95. The van der Waals surface area contributed by atoms with E-state index in [1.165, 1.54) is 48.5 Å². The van der Waals surface area contributed by atoms with Gasteiger partial charge in [-0.25, -0.2) is 0 Å². The smallest absolute Gasteiger partial charge is 0.416 e. The van der Waals surface area contributed by atoms with Crippen LogP contribution >= 0.6 is 7.92 Å². The maximum atomic E-state index is 14.0. The molecule has 0 heterocycles. The van der Waals surface area contributed by atoms with E-state index < -0.39 is 71.2 Å². The molecule has 0 spiro atoms. The first-order valence-electron chi connectivity index (χ1n) is 12.9. The second-order valence-electron chi connectivity index (χ2n) is 10.1. The topological polar surface area (TPSA) is 20.2 Å². The zero-order chi connectivity index (χ0) is 33.8. The fraction of sp³-hybridized carbons (Fsp3) is 0.125. The highest BCUT2D eigenvalue weighted by Gasteiger charge is 2.41.